The summed E-state index contributed by atoms with van der Waals surface area (Å²) in [4.78, 5) is 11.5. The molecular weight excluding hydrogens is 238 g/mol. The van der Waals surface area contributed by atoms with E-state index >= 15 is 0 Å². The Hall–Kier alpha value is -1.47. The van der Waals surface area contributed by atoms with E-state index in [1.54, 1.807) is 30.3 Å². The lowest BCUT2D eigenvalue weighted by molar-refractivity contribution is -0.188. The third kappa shape index (κ3) is 3.78. The van der Waals surface area contributed by atoms with Crippen LogP contribution in [0.3, 0.4) is 0 Å². The van der Waals surface area contributed by atoms with E-state index in [1.807, 2.05) is 0 Å². The minimum absolute atomic E-state index is 0.466. The van der Waals surface area contributed by atoms with Gasteiger partial charge >= 0.3 is 5.97 Å². The van der Waals surface area contributed by atoms with Crippen LogP contribution in [0.1, 0.15) is 18.6 Å². The molecule has 0 saturated heterocycles. The van der Waals surface area contributed by atoms with E-state index in [2.05, 4.69) is 4.74 Å². The van der Waals surface area contributed by atoms with Gasteiger partial charge in [-0.2, -0.15) is 0 Å². The highest BCUT2D eigenvalue weighted by atomic mass is 16.6. The van der Waals surface area contributed by atoms with Crippen LogP contribution < -0.4 is 5.73 Å². The SMILES string of the molecule is CC(O)C(O)OC(=O)[C@@H](N)C(O)c1ccccc1. The van der Waals surface area contributed by atoms with Gasteiger partial charge in [0.05, 0.1) is 0 Å². The Labute approximate surface area is 105 Å². The average Bonchev–Trinajstić information content (AvgIpc) is 2.37. The molecular formula is C12H17NO5. The molecule has 1 aromatic carbocycles. The van der Waals surface area contributed by atoms with Gasteiger partial charge in [-0.25, -0.2) is 0 Å². The van der Waals surface area contributed by atoms with Gasteiger partial charge in [0.2, 0.25) is 6.29 Å². The Balaban J connectivity index is 2.64. The normalized spacial score (nSPS) is 17.6. The van der Waals surface area contributed by atoms with Crippen molar-refractivity contribution in [2.24, 2.45) is 5.73 Å². The van der Waals surface area contributed by atoms with Gasteiger partial charge in [0, 0.05) is 0 Å². The number of nitrogens with two attached hydrogens (primary N) is 1. The monoisotopic (exact) mass is 255 g/mol. The molecule has 0 bridgehead atoms. The molecule has 5 N–H and O–H groups in total. The fourth-order valence-corrected chi connectivity index (χ4v) is 1.28. The van der Waals surface area contributed by atoms with Crippen LogP contribution in [-0.4, -0.2) is 39.7 Å². The third-order valence-corrected chi connectivity index (χ3v) is 2.40. The minimum Gasteiger partial charge on any atom is -0.432 e. The maximum Gasteiger partial charge on any atom is 0.328 e. The van der Waals surface area contributed by atoms with Crippen molar-refractivity contribution in [3.63, 3.8) is 0 Å². The van der Waals surface area contributed by atoms with E-state index in [9.17, 15) is 9.90 Å². The molecule has 0 aliphatic carbocycles. The predicted octanol–water partition coefficient (Wildman–Crippen LogP) is -0.710. The molecule has 18 heavy (non-hydrogen) atoms. The maximum atomic E-state index is 11.5. The molecule has 6 nitrogen and oxygen atoms in total. The lowest BCUT2D eigenvalue weighted by Gasteiger charge is -2.21. The van der Waals surface area contributed by atoms with Crippen molar-refractivity contribution in [2.75, 3.05) is 0 Å². The summed E-state index contributed by atoms with van der Waals surface area (Å²) in [5.41, 5.74) is 5.99. The first-order valence-electron chi connectivity index (χ1n) is 5.48. The molecule has 0 fully saturated rings. The quantitative estimate of drug-likeness (QED) is 0.408. The Kier molecular flexibility index (Phi) is 5.24. The molecule has 0 amide bonds. The first kappa shape index (κ1) is 14.6. The van der Waals surface area contributed by atoms with Crippen LogP contribution >= 0.6 is 0 Å². The standard InChI is InChI=1S/C12H17NO5/c1-7(14)11(16)18-12(17)9(13)10(15)8-5-3-2-4-6-8/h2-7,9-11,14-16H,13H2,1H3/t7?,9-,10?,11?/m0/s1. The van der Waals surface area contributed by atoms with Crippen molar-refractivity contribution in [2.45, 2.75) is 31.5 Å². The highest BCUT2D eigenvalue weighted by molar-refractivity contribution is 5.76. The largest absolute Gasteiger partial charge is 0.432 e. The van der Waals surface area contributed by atoms with E-state index < -0.39 is 30.5 Å². The predicted molar refractivity (Wildman–Crippen MR) is 63.2 cm³/mol. The number of aliphatic hydroxyl groups excluding tert-OH is 3. The molecule has 100 valence electrons. The minimum atomic E-state index is -1.66. The number of ether oxygens (including phenoxy) is 1. The van der Waals surface area contributed by atoms with E-state index in [0.29, 0.717) is 5.56 Å². The molecule has 6 heteroatoms. The molecule has 3 unspecified atom stereocenters. The van der Waals surface area contributed by atoms with Crippen LogP contribution in [0.5, 0.6) is 0 Å². The molecule has 0 aliphatic rings. The Bertz CT molecular complexity index is 381. The van der Waals surface area contributed by atoms with E-state index in [0.717, 1.165) is 0 Å². The van der Waals surface area contributed by atoms with Crippen LogP contribution in [0.15, 0.2) is 30.3 Å². The van der Waals surface area contributed by atoms with Crippen molar-refractivity contribution in [1.29, 1.82) is 0 Å². The molecule has 1 rings (SSSR count). The number of aliphatic hydroxyl groups is 3. The van der Waals surface area contributed by atoms with Crippen molar-refractivity contribution < 1.29 is 24.9 Å². The van der Waals surface area contributed by atoms with Gasteiger partial charge in [-0.15, -0.1) is 0 Å². The zero-order chi connectivity index (χ0) is 13.7. The molecule has 0 radical (unpaired) electrons. The zero-order valence-corrected chi connectivity index (χ0v) is 9.93. The summed E-state index contributed by atoms with van der Waals surface area (Å²) >= 11 is 0. The first-order chi connectivity index (χ1) is 8.43. The molecule has 0 spiro atoms. The molecule has 0 aromatic heterocycles. The molecule has 0 heterocycles. The van der Waals surface area contributed by atoms with Crippen molar-refractivity contribution in [1.82, 2.24) is 0 Å². The van der Waals surface area contributed by atoms with Gasteiger partial charge in [0.25, 0.3) is 0 Å². The number of carbonyl (C=O) groups excluding carboxylic acids is 1. The second kappa shape index (κ2) is 6.46. The fraction of sp³-hybridized carbons (Fsp3) is 0.417. The zero-order valence-electron chi connectivity index (χ0n) is 9.93. The summed E-state index contributed by atoms with van der Waals surface area (Å²) in [5.74, 6) is -0.986. The summed E-state index contributed by atoms with van der Waals surface area (Å²) in [6.45, 7) is 1.26. The van der Waals surface area contributed by atoms with Gasteiger partial charge in [-0.1, -0.05) is 30.3 Å². The molecule has 0 saturated carbocycles. The van der Waals surface area contributed by atoms with E-state index in [4.69, 9.17) is 15.9 Å². The Morgan fingerprint density at radius 3 is 2.28 bits per heavy atom. The maximum absolute atomic E-state index is 11.5. The van der Waals surface area contributed by atoms with Crippen LogP contribution in [-0.2, 0) is 9.53 Å². The van der Waals surface area contributed by atoms with Gasteiger partial charge < -0.3 is 25.8 Å². The van der Waals surface area contributed by atoms with Gasteiger partial charge in [-0.3, -0.25) is 4.79 Å². The number of esters is 1. The van der Waals surface area contributed by atoms with Gasteiger partial charge in [0.1, 0.15) is 18.2 Å². The van der Waals surface area contributed by atoms with Crippen molar-refractivity contribution in [3.05, 3.63) is 35.9 Å². The fourth-order valence-electron chi connectivity index (χ4n) is 1.28. The number of benzene rings is 1. The second-order valence-corrected chi connectivity index (χ2v) is 3.95. The summed E-state index contributed by atoms with van der Waals surface area (Å²) in [6, 6.07) is 7.05. The highest BCUT2D eigenvalue weighted by Crippen LogP contribution is 2.16. The van der Waals surface area contributed by atoms with Gasteiger partial charge in [0.15, 0.2) is 0 Å². The smallest absolute Gasteiger partial charge is 0.328 e. The highest BCUT2D eigenvalue weighted by Gasteiger charge is 2.28. The Morgan fingerprint density at radius 2 is 1.78 bits per heavy atom. The Morgan fingerprint density at radius 1 is 1.22 bits per heavy atom. The van der Waals surface area contributed by atoms with Crippen molar-refractivity contribution >= 4 is 5.97 Å². The van der Waals surface area contributed by atoms with Gasteiger partial charge in [-0.05, 0) is 12.5 Å². The summed E-state index contributed by atoms with van der Waals surface area (Å²) in [5, 5.41) is 28.0. The number of hydrogen-bond donors (Lipinski definition) is 4. The summed E-state index contributed by atoms with van der Waals surface area (Å²) in [6.07, 6.45) is -4.12. The van der Waals surface area contributed by atoms with Crippen LogP contribution in [0.4, 0.5) is 0 Å². The van der Waals surface area contributed by atoms with Crippen LogP contribution in [0, 0.1) is 0 Å². The molecule has 1 aromatic rings. The third-order valence-electron chi connectivity index (χ3n) is 2.40. The first-order valence-corrected chi connectivity index (χ1v) is 5.48. The second-order valence-electron chi connectivity index (χ2n) is 3.95. The lowest BCUT2D eigenvalue weighted by atomic mass is 10.0. The summed E-state index contributed by atoms with van der Waals surface area (Å²) in [7, 11) is 0. The molecule has 0 aliphatic heterocycles. The number of hydrogen-bond acceptors (Lipinski definition) is 6. The lowest BCUT2D eigenvalue weighted by Crippen LogP contribution is -2.41. The van der Waals surface area contributed by atoms with Crippen LogP contribution in [0.2, 0.25) is 0 Å². The molecule has 4 atom stereocenters. The van der Waals surface area contributed by atoms with E-state index in [-0.39, 0.29) is 0 Å². The van der Waals surface area contributed by atoms with Crippen LogP contribution in [0.25, 0.3) is 0 Å². The van der Waals surface area contributed by atoms with E-state index in [1.165, 1.54) is 6.92 Å². The summed E-state index contributed by atoms with van der Waals surface area (Å²) < 4.78 is 4.50. The number of rotatable bonds is 5. The number of carbonyl (C=O) groups is 1. The average molecular weight is 255 g/mol. The van der Waals surface area contributed by atoms with Crippen molar-refractivity contribution in [3.8, 4) is 0 Å². The topological polar surface area (TPSA) is 113 Å².